The minimum absolute atomic E-state index is 0.0793. The fourth-order valence-electron chi connectivity index (χ4n) is 4.13. The summed E-state index contributed by atoms with van der Waals surface area (Å²) in [6, 6.07) is 11.9. The van der Waals surface area contributed by atoms with Gasteiger partial charge in [0.25, 0.3) is 11.7 Å². The molecule has 1 aliphatic heterocycles. The van der Waals surface area contributed by atoms with E-state index in [0.717, 1.165) is 24.2 Å². The summed E-state index contributed by atoms with van der Waals surface area (Å²) in [5, 5.41) is 11.2. The molecule has 1 atom stereocenters. The summed E-state index contributed by atoms with van der Waals surface area (Å²) < 4.78 is 10.6. The molecule has 0 aliphatic carbocycles. The highest BCUT2D eigenvalue weighted by atomic mass is 16.5. The molecule has 0 aromatic heterocycles. The van der Waals surface area contributed by atoms with E-state index in [9.17, 15) is 14.7 Å². The maximum atomic E-state index is 13.2. The van der Waals surface area contributed by atoms with E-state index in [-0.39, 0.29) is 11.3 Å². The normalized spacial score (nSPS) is 17.6. The van der Waals surface area contributed by atoms with E-state index in [2.05, 4.69) is 18.7 Å². The zero-order chi connectivity index (χ0) is 24.1. The topological polar surface area (TPSA) is 79.3 Å². The second kappa shape index (κ2) is 10.5. The number of likely N-dealkylation sites (N-methyl/N-ethyl adjacent to an activating group) is 1. The fraction of sp³-hybridized carbons (Fsp3) is 0.385. The van der Waals surface area contributed by atoms with Crippen LogP contribution in [0, 0.1) is 6.92 Å². The van der Waals surface area contributed by atoms with Crippen LogP contribution in [0.3, 0.4) is 0 Å². The second-order valence-electron chi connectivity index (χ2n) is 8.00. The number of carbonyl (C=O) groups is 2. The van der Waals surface area contributed by atoms with Crippen LogP contribution in [-0.4, -0.2) is 67.0 Å². The zero-order valence-electron chi connectivity index (χ0n) is 19.9. The summed E-state index contributed by atoms with van der Waals surface area (Å²) in [7, 11) is 3.02. The first kappa shape index (κ1) is 24.3. The predicted molar refractivity (Wildman–Crippen MR) is 128 cm³/mol. The number of benzene rings is 2. The number of Topliss-reactive ketones (excluding diaryl/α,β-unsaturated/α-hetero) is 1. The molecule has 176 valence electrons. The van der Waals surface area contributed by atoms with Crippen LogP contribution in [-0.2, 0) is 9.59 Å². The fourth-order valence-corrected chi connectivity index (χ4v) is 4.13. The Morgan fingerprint density at radius 2 is 1.64 bits per heavy atom. The Labute approximate surface area is 195 Å². The Morgan fingerprint density at radius 3 is 2.21 bits per heavy atom. The molecule has 2 aromatic carbocycles. The first-order valence-corrected chi connectivity index (χ1v) is 11.2. The first-order chi connectivity index (χ1) is 15.9. The van der Waals surface area contributed by atoms with Gasteiger partial charge in [-0.15, -0.1) is 0 Å². The molecule has 0 radical (unpaired) electrons. The van der Waals surface area contributed by atoms with Gasteiger partial charge in [-0.2, -0.15) is 0 Å². The lowest BCUT2D eigenvalue weighted by Crippen LogP contribution is -2.38. The molecule has 1 saturated heterocycles. The molecular formula is C26H32N2O5. The maximum Gasteiger partial charge on any atom is 0.295 e. The van der Waals surface area contributed by atoms with Crippen LogP contribution in [0.2, 0.25) is 0 Å². The molecule has 1 fully saturated rings. The Bertz CT molecular complexity index is 1040. The molecule has 1 unspecified atom stereocenters. The van der Waals surface area contributed by atoms with Crippen LogP contribution < -0.4 is 9.47 Å². The van der Waals surface area contributed by atoms with Crippen molar-refractivity contribution in [3.63, 3.8) is 0 Å². The Hall–Kier alpha value is -3.32. The first-order valence-electron chi connectivity index (χ1n) is 11.2. The van der Waals surface area contributed by atoms with Gasteiger partial charge in [-0.25, -0.2) is 0 Å². The van der Waals surface area contributed by atoms with Gasteiger partial charge in [-0.1, -0.05) is 43.7 Å². The number of amides is 1. The lowest BCUT2D eigenvalue weighted by Gasteiger charge is -2.28. The second-order valence-corrected chi connectivity index (χ2v) is 8.00. The van der Waals surface area contributed by atoms with Gasteiger partial charge in [0.05, 0.1) is 25.8 Å². The van der Waals surface area contributed by atoms with Gasteiger partial charge in [0.1, 0.15) is 5.76 Å². The molecule has 0 bridgehead atoms. The van der Waals surface area contributed by atoms with E-state index in [1.165, 1.54) is 14.2 Å². The number of aryl methyl sites for hydroxylation is 1. The van der Waals surface area contributed by atoms with E-state index >= 15 is 0 Å². The average molecular weight is 453 g/mol. The van der Waals surface area contributed by atoms with Crippen molar-refractivity contribution in [1.82, 2.24) is 9.80 Å². The number of ketones is 1. The summed E-state index contributed by atoms with van der Waals surface area (Å²) in [6.45, 7) is 8.82. The molecule has 1 N–H and O–H groups in total. The number of nitrogens with zero attached hydrogens (tertiary/aromatic N) is 2. The van der Waals surface area contributed by atoms with Gasteiger partial charge in [-0.05, 0) is 43.8 Å². The summed E-state index contributed by atoms with van der Waals surface area (Å²) >= 11 is 0. The molecular weight excluding hydrogens is 420 g/mol. The van der Waals surface area contributed by atoms with Crippen LogP contribution in [0.15, 0.2) is 48.0 Å². The van der Waals surface area contributed by atoms with E-state index in [1.54, 1.807) is 23.1 Å². The van der Waals surface area contributed by atoms with Crippen molar-refractivity contribution >= 4 is 17.4 Å². The summed E-state index contributed by atoms with van der Waals surface area (Å²) in [5.41, 5.74) is 2.31. The van der Waals surface area contributed by atoms with Gasteiger partial charge in [0, 0.05) is 18.7 Å². The number of carbonyl (C=O) groups excluding carboxylic acids is 2. The molecule has 0 saturated carbocycles. The zero-order valence-corrected chi connectivity index (χ0v) is 19.9. The lowest BCUT2D eigenvalue weighted by molar-refractivity contribution is -0.140. The van der Waals surface area contributed by atoms with Gasteiger partial charge in [0.15, 0.2) is 11.5 Å². The van der Waals surface area contributed by atoms with Gasteiger partial charge in [0.2, 0.25) is 0 Å². The van der Waals surface area contributed by atoms with Crippen LogP contribution in [0.25, 0.3) is 5.76 Å². The SMILES string of the molecule is CCN(CC)CCN1C(=O)C(=O)C(=C(O)c2ccc(OC)c(OC)c2)C1c1ccc(C)cc1. The van der Waals surface area contributed by atoms with Crippen LogP contribution in [0.1, 0.15) is 36.6 Å². The largest absolute Gasteiger partial charge is 0.507 e. The molecule has 1 heterocycles. The minimum Gasteiger partial charge on any atom is -0.507 e. The van der Waals surface area contributed by atoms with E-state index in [0.29, 0.717) is 30.2 Å². The van der Waals surface area contributed by atoms with Crippen LogP contribution >= 0.6 is 0 Å². The van der Waals surface area contributed by atoms with Gasteiger partial charge in [-0.3, -0.25) is 9.59 Å². The average Bonchev–Trinajstić information content (AvgIpc) is 3.09. The quantitative estimate of drug-likeness (QED) is 0.354. The minimum atomic E-state index is -0.688. The standard InChI is InChI=1S/C26H32N2O5/c1-6-27(7-2)14-15-28-23(18-10-8-17(3)9-11-18)22(25(30)26(28)31)24(29)19-12-13-20(32-4)21(16-19)33-5/h8-13,16,23,29H,6-7,14-15H2,1-5H3. The van der Waals surface area contributed by atoms with Gasteiger partial charge >= 0.3 is 0 Å². The predicted octanol–water partition coefficient (Wildman–Crippen LogP) is 3.78. The van der Waals surface area contributed by atoms with Crippen molar-refractivity contribution in [2.45, 2.75) is 26.8 Å². The number of aliphatic hydroxyl groups excluding tert-OH is 1. The number of hydrogen-bond acceptors (Lipinski definition) is 6. The Morgan fingerprint density at radius 1 is 1.00 bits per heavy atom. The summed E-state index contributed by atoms with van der Waals surface area (Å²) in [6.07, 6.45) is 0. The number of ether oxygens (including phenoxy) is 2. The molecule has 7 nitrogen and oxygen atoms in total. The molecule has 0 spiro atoms. The van der Waals surface area contributed by atoms with Crippen molar-refractivity contribution in [3.8, 4) is 11.5 Å². The number of hydrogen-bond donors (Lipinski definition) is 1. The number of likely N-dealkylation sites (tertiary alicyclic amines) is 1. The van der Waals surface area contributed by atoms with Crippen LogP contribution in [0.4, 0.5) is 0 Å². The summed E-state index contributed by atoms with van der Waals surface area (Å²) in [4.78, 5) is 30.0. The Balaban J connectivity index is 2.12. The highest BCUT2D eigenvalue weighted by Gasteiger charge is 2.46. The molecule has 1 aliphatic rings. The third-order valence-corrected chi connectivity index (χ3v) is 6.14. The molecule has 1 amide bonds. The number of methoxy groups -OCH3 is 2. The third-order valence-electron chi connectivity index (χ3n) is 6.14. The van der Waals surface area contributed by atoms with Crippen LogP contribution in [0.5, 0.6) is 11.5 Å². The number of rotatable bonds is 9. The molecule has 2 aromatic rings. The van der Waals surface area contributed by atoms with E-state index in [4.69, 9.17) is 9.47 Å². The third kappa shape index (κ3) is 4.88. The van der Waals surface area contributed by atoms with E-state index < -0.39 is 17.7 Å². The molecule has 3 rings (SSSR count). The van der Waals surface area contributed by atoms with E-state index in [1.807, 2.05) is 31.2 Å². The highest BCUT2D eigenvalue weighted by Crippen LogP contribution is 2.40. The highest BCUT2D eigenvalue weighted by molar-refractivity contribution is 6.46. The number of aliphatic hydroxyl groups is 1. The maximum absolute atomic E-state index is 13.2. The summed E-state index contributed by atoms with van der Waals surface area (Å²) in [5.74, 6) is -0.597. The monoisotopic (exact) mass is 452 g/mol. The van der Waals surface area contributed by atoms with Crippen molar-refractivity contribution in [2.75, 3.05) is 40.4 Å². The van der Waals surface area contributed by atoms with Crippen molar-refractivity contribution in [3.05, 3.63) is 64.7 Å². The Kier molecular flexibility index (Phi) is 7.76. The smallest absolute Gasteiger partial charge is 0.295 e. The lowest BCUT2D eigenvalue weighted by atomic mass is 9.94. The molecule has 33 heavy (non-hydrogen) atoms. The van der Waals surface area contributed by atoms with Crippen molar-refractivity contribution < 1.29 is 24.2 Å². The van der Waals surface area contributed by atoms with Crippen molar-refractivity contribution in [2.24, 2.45) is 0 Å². The molecule has 7 heteroatoms. The van der Waals surface area contributed by atoms with Gasteiger partial charge < -0.3 is 24.4 Å². The van der Waals surface area contributed by atoms with Crippen molar-refractivity contribution in [1.29, 1.82) is 0 Å².